The zero-order valence-electron chi connectivity index (χ0n) is 18.3. The van der Waals surface area contributed by atoms with Gasteiger partial charge < -0.3 is 10.0 Å². The van der Waals surface area contributed by atoms with Gasteiger partial charge in [0.2, 0.25) is 0 Å². The molecule has 0 fully saturated rings. The number of rotatable bonds is 9. The molecular weight excluding hydrogens is 458 g/mol. The molecule has 0 heterocycles. The van der Waals surface area contributed by atoms with Crippen molar-refractivity contribution < 1.29 is 18.3 Å². The number of halogens is 5. The summed E-state index contributed by atoms with van der Waals surface area (Å²) < 4.78 is 40.3. The van der Waals surface area contributed by atoms with E-state index in [4.69, 9.17) is 23.2 Å². The second kappa shape index (κ2) is 10.6. The molecule has 0 aliphatic carbocycles. The van der Waals surface area contributed by atoms with Crippen LogP contribution in [0.15, 0.2) is 36.4 Å². The number of aliphatic hydroxyl groups excluding tert-OH is 1. The van der Waals surface area contributed by atoms with Gasteiger partial charge in [-0.3, -0.25) is 0 Å². The van der Waals surface area contributed by atoms with Crippen LogP contribution < -0.4 is 0 Å². The zero-order chi connectivity index (χ0) is 23.5. The number of hydrogen-bond acceptors (Lipinski definition) is 2. The van der Waals surface area contributed by atoms with Crippen molar-refractivity contribution in [2.24, 2.45) is 0 Å². The summed E-state index contributed by atoms with van der Waals surface area (Å²) in [5, 5.41) is 13.9. The predicted octanol–water partition coefficient (Wildman–Crippen LogP) is 8.25. The normalized spacial score (nSPS) is 13.4. The SMILES string of the molecule is CCCCN(CCCC)C[C@@H](O)c1cc2c(Cl)cc(Cl)cc2c2cc(C(F)(F)F)ccc12. The number of benzene rings is 3. The maximum atomic E-state index is 13.4. The number of aliphatic hydroxyl groups is 1. The molecular formula is C25H28Cl2F3NO. The van der Waals surface area contributed by atoms with Crippen molar-refractivity contribution >= 4 is 44.7 Å². The molecule has 0 saturated heterocycles. The Bertz CT molecular complexity index is 1080. The Morgan fingerprint density at radius 2 is 1.50 bits per heavy atom. The van der Waals surface area contributed by atoms with Gasteiger partial charge in [-0.15, -0.1) is 0 Å². The molecule has 1 N–H and O–H groups in total. The lowest BCUT2D eigenvalue weighted by Gasteiger charge is -2.26. The monoisotopic (exact) mass is 485 g/mol. The molecule has 0 aliphatic rings. The van der Waals surface area contributed by atoms with Crippen molar-refractivity contribution in [1.82, 2.24) is 4.90 Å². The van der Waals surface area contributed by atoms with Crippen LogP contribution in [-0.2, 0) is 6.18 Å². The first-order valence-electron chi connectivity index (χ1n) is 11.0. The molecule has 3 aromatic rings. The highest BCUT2D eigenvalue weighted by molar-refractivity contribution is 6.39. The number of alkyl halides is 3. The molecule has 3 aromatic carbocycles. The van der Waals surface area contributed by atoms with Crippen LogP contribution in [0.1, 0.15) is 56.8 Å². The van der Waals surface area contributed by atoms with E-state index in [0.29, 0.717) is 43.7 Å². The average Bonchev–Trinajstić information content (AvgIpc) is 2.74. The fraction of sp³-hybridized carbons (Fsp3) is 0.440. The van der Waals surface area contributed by atoms with E-state index in [1.165, 1.54) is 6.07 Å². The molecule has 2 nitrogen and oxygen atoms in total. The summed E-state index contributed by atoms with van der Waals surface area (Å²) in [4.78, 5) is 2.22. The Morgan fingerprint density at radius 1 is 0.875 bits per heavy atom. The van der Waals surface area contributed by atoms with Crippen LogP contribution in [0.25, 0.3) is 21.5 Å². The quantitative estimate of drug-likeness (QED) is 0.308. The minimum absolute atomic E-state index is 0.342. The lowest BCUT2D eigenvalue weighted by atomic mass is 9.93. The molecule has 0 aliphatic heterocycles. The van der Waals surface area contributed by atoms with Crippen molar-refractivity contribution in [2.45, 2.75) is 51.8 Å². The first kappa shape index (κ1) is 25.1. The third kappa shape index (κ3) is 5.69. The number of unbranched alkanes of at least 4 members (excludes halogenated alkanes) is 2. The summed E-state index contributed by atoms with van der Waals surface area (Å²) >= 11 is 12.6. The van der Waals surface area contributed by atoms with E-state index in [1.807, 2.05) is 0 Å². The fourth-order valence-electron chi connectivity index (χ4n) is 4.06. The minimum atomic E-state index is -4.48. The van der Waals surface area contributed by atoms with E-state index in [0.717, 1.165) is 50.9 Å². The largest absolute Gasteiger partial charge is 0.416 e. The van der Waals surface area contributed by atoms with Gasteiger partial charge in [0.25, 0.3) is 0 Å². The first-order chi connectivity index (χ1) is 15.2. The van der Waals surface area contributed by atoms with Crippen LogP contribution in [-0.4, -0.2) is 29.6 Å². The number of fused-ring (bicyclic) bond motifs is 3. The third-order valence-corrected chi connectivity index (χ3v) is 6.32. The Hall–Kier alpha value is -1.53. The molecule has 32 heavy (non-hydrogen) atoms. The van der Waals surface area contributed by atoms with Gasteiger partial charge in [0.1, 0.15) is 0 Å². The second-order valence-corrected chi connectivity index (χ2v) is 9.07. The summed E-state index contributed by atoms with van der Waals surface area (Å²) in [5.41, 5.74) is -0.176. The van der Waals surface area contributed by atoms with Crippen molar-refractivity contribution in [3.8, 4) is 0 Å². The Labute approximate surface area is 196 Å². The Kier molecular flexibility index (Phi) is 8.31. The maximum Gasteiger partial charge on any atom is 0.416 e. The lowest BCUT2D eigenvalue weighted by molar-refractivity contribution is -0.137. The summed E-state index contributed by atoms with van der Waals surface area (Å²) in [5.74, 6) is 0. The van der Waals surface area contributed by atoms with Gasteiger partial charge in [0.05, 0.1) is 11.7 Å². The van der Waals surface area contributed by atoms with Crippen molar-refractivity contribution in [2.75, 3.05) is 19.6 Å². The highest BCUT2D eigenvalue weighted by Crippen LogP contribution is 2.40. The first-order valence-corrected chi connectivity index (χ1v) is 11.7. The Morgan fingerprint density at radius 3 is 2.09 bits per heavy atom. The van der Waals surface area contributed by atoms with Crippen molar-refractivity contribution in [1.29, 1.82) is 0 Å². The van der Waals surface area contributed by atoms with Gasteiger partial charge >= 0.3 is 6.18 Å². The smallest absolute Gasteiger partial charge is 0.387 e. The van der Waals surface area contributed by atoms with E-state index < -0.39 is 17.8 Å². The van der Waals surface area contributed by atoms with Gasteiger partial charge in [-0.2, -0.15) is 13.2 Å². The van der Waals surface area contributed by atoms with Crippen LogP contribution in [0.5, 0.6) is 0 Å². The van der Waals surface area contributed by atoms with Gasteiger partial charge in [0.15, 0.2) is 0 Å². The molecule has 0 unspecified atom stereocenters. The highest BCUT2D eigenvalue weighted by atomic mass is 35.5. The minimum Gasteiger partial charge on any atom is -0.387 e. The molecule has 7 heteroatoms. The zero-order valence-corrected chi connectivity index (χ0v) is 19.8. The average molecular weight is 486 g/mol. The lowest BCUT2D eigenvalue weighted by Crippen LogP contribution is -2.30. The highest BCUT2D eigenvalue weighted by Gasteiger charge is 2.31. The van der Waals surface area contributed by atoms with E-state index in [2.05, 4.69) is 18.7 Å². The molecule has 1 atom stereocenters. The molecule has 0 saturated carbocycles. The predicted molar refractivity (Wildman–Crippen MR) is 128 cm³/mol. The summed E-state index contributed by atoms with van der Waals surface area (Å²) in [7, 11) is 0. The molecule has 3 rings (SSSR count). The number of hydrogen-bond donors (Lipinski definition) is 1. The van der Waals surface area contributed by atoms with Gasteiger partial charge in [-0.25, -0.2) is 0 Å². The van der Waals surface area contributed by atoms with Crippen LogP contribution in [0.2, 0.25) is 10.0 Å². The molecule has 0 radical (unpaired) electrons. The van der Waals surface area contributed by atoms with E-state index in [9.17, 15) is 18.3 Å². The van der Waals surface area contributed by atoms with Gasteiger partial charge in [-0.05, 0) is 78.0 Å². The van der Waals surface area contributed by atoms with Crippen LogP contribution in [0, 0.1) is 0 Å². The molecule has 0 aromatic heterocycles. The third-order valence-electron chi connectivity index (χ3n) is 5.79. The molecule has 174 valence electrons. The second-order valence-electron chi connectivity index (χ2n) is 8.23. The van der Waals surface area contributed by atoms with Crippen LogP contribution in [0.4, 0.5) is 13.2 Å². The van der Waals surface area contributed by atoms with Crippen molar-refractivity contribution in [3.63, 3.8) is 0 Å². The molecule has 0 bridgehead atoms. The summed E-state index contributed by atoms with van der Waals surface area (Å²) in [6, 6.07) is 8.58. The van der Waals surface area contributed by atoms with Crippen LogP contribution >= 0.6 is 23.2 Å². The maximum absolute atomic E-state index is 13.4. The molecule has 0 amide bonds. The summed E-state index contributed by atoms with van der Waals surface area (Å²) in [6.45, 7) is 6.39. The van der Waals surface area contributed by atoms with E-state index in [1.54, 1.807) is 18.2 Å². The van der Waals surface area contributed by atoms with Gasteiger partial charge in [-0.1, -0.05) is 56.0 Å². The van der Waals surface area contributed by atoms with Crippen LogP contribution in [0.3, 0.4) is 0 Å². The van der Waals surface area contributed by atoms with E-state index >= 15 is 0 Å². The Balaban J connectivity index is 2.14. The number of nitrogens with zero attached hydrogens (tertiary/aromatic N) is 1. The van der Waals surface area contributed by atoms with Gasteiger partial charge in [0, 0.05) is 22.0 Å². The van der Waals surface area contributed by atoms with Crippen molar-refractivity contribution in [3.05, 3.63) is 57.6 Å². The molecule has 0 spiro atoms. The fourth-order valence-corrected chi connectivity index (χ4v) is 4.61. The summed E-state index contributed by atoms with van der Waals surface area (Å²) in [6.07, 6.45) is -1.20. The standard InChI is InChI=1S/C25H28Cl2F3NO/c1-3-5-9-31(10-6-4-2)15-24(32)22-14-21-20(12-17(26)13-23(21)27)19-11-16(25(28,29)30)7-8-18(19)22/h7-8,11-14,24,32H,3-6,9-10,15H2,1-2H3/t24-/m1/s1. The van der Waals surface area contributed by atoms with E-state index in [-0.39, 0.29) is 0 Å². The topological polar surface area (TPSA) is 23.5 Å².